The van der Waals surface area contributed by atoms with Crippen LogP contribution in [0.3, 0.4) is 0 Å². The van der Waals surface area contributed by atoms with Crippen molar-refractivity contribution in [3.05, 3.63) is 24.3 Å². The quantitative estimate of drug-likeness (QED) is 0.466. The smallest absolute Gasteiger partial charge is 0.0164 e. The molecule has 1 heteroatoms. The Hall–Kier alpha value is -0.850. The number of hydrogen-bond donors (Lipinski definition) is 1. The van der Waals surface area contributed by atoms with Crippen molar-refractivity contribution >= 4 is 5.71 Å². The molecule has 0 aliphatic heterocycles. The summed E-state index contributed by atoms with van der Waals surface area (Å²) >= 11 is 0. The van der Waals surface area contributed by atoms with E-state index in [0.717, 1.165) is 25.0 Å². The molecular weight excluding hydrogens is 182 g/mol. The zero-order valence-corrected chi connectivity index (χ0v) is 10.6. The molecule has 0 saturated heterocycles. The van der Waals surface area contributed by atoms with E-state index in [1.165, 1.54) is 5.57 Å². The van der Waals surface area contributed by atoms with Gasteiger partial charge in [0.15, 0.2) is 0 Å². The summed E-state index contributed by atoms with van der Waals surface area (Å²) in [7, 11) is 0. The fourth-order valence-electron chi connectivity index (χ4n) is 1.57. The largest absolute Gasteiger partial charge is 0.309 e. The Morgan fingerprint density at radius 2 is 1.93 bits per heavy atom. The van der Waals surface area contributed by atoms with E-state index in [2.05, 4.69) is 40.3 Å². The minimum absolute atomic E-state index is 0.384. The van der Waals surface area contributed by atoms with Gasteiger partial charge in [0.05, 0.1) is 0 Å². The van der Waals surface area contributed by atoms with Crippen LogP contribution in [0, 0.1) is 17.2 Å². The summed E-state index contributed by atoms with van der Waals surface area (Å²) in [5, 5.41) is 8.05. The average molecular weight is 207 g/mol. The van der Waals surface area contributed by atoms with Crippen molar-refractivity contribution in [3.8, 4) is 0 Å². The highest BCUT2D eigenvalue weighted by Gasteiger charge is 2.15. The summed E-state index contributed by atoms with van der Waals surface area (Å²) in [6, 6.07) is 0. The molecular formula is C14H25N. The molecule has 0 fully saturated rings. The van der Waals surface area contributed by atoms with Gasteiger partial charge in [-0.2, -0.15) is 0 Å². The number of rotatable bonds is 7. The molecule has 0 aromatic heterocycles. The fraction of sp³-hybridized carbons (Fsp3) is 0.643. The van der Waals surface area contributed by atoms with Crippen molar-refractivity contribution in [3.63, 3.8) is 0 Å². The first kappa shape index (κ1) is 14.2. The van der Waals surface area contributed by atoms with Gasteiger partial charge in [0, 0.05) is 12.1 Å². The van der Waals surface area contributed by atoms with Crippen molar-refractivity contribution < 1.29 is 0 Å². The minimum Gasteiger partial charge on any atom is -0.309 e. The molecule has 15 heavy (non-hydrogen) atoms. The van der Waals surface area contributed by atoms with Crippen LogP contribution in [0.15, 0.2) is 24.3 Å². The molecule has 0 amide bonds. The summed E-state index contributed by atoms with van der Waals surface area (Å²) in [5.74, 6) is 0.986. The standard InChI is InChI=1S/C14H25N/c1-6-9-13(8-3)10-14(15)12(5)11(4)7-2/h8-9,11-12,15H,3,6-7,10H2,1-2,4-5H3/b13-9-,15-14?. The average Bonchev–Trinajstić information content (AvgIpc) is 2.26. The molecule has 0 radical (unpaired) electrons. The van der Waals surface area contributed by atoms with E-state index in [1.54, 1.807) is 0 Å². The Morgan fingerprint density at radius 3 is 2.33 bits per heavy atom. The first-order valence-corrected chi connectivity index (χ1v) is 5.95. The van der Waals surface area contributed by atoms with Crippen molar-refractivity contribution in [2.75, 3.05) is 0 Å². The molecule has 0 aromatic carbocycles. The van der Waals surface area contributed by atoms with Crippen molar-refractivity contribution in [1.29, 1.82) is 5.41 Å². The molecule has 0 aliphatic carbocycles. The van der Waals surface area contributed by atoms with Crippen molar-refractivity contribution in [2.45, 2.75) is 47.0 Å². The molecule has 2 atom stereocenters. The molecule has 1 N–H and O–H groups in total. The second-order valence-electron chi connectivity index (χ2n) is 4.27. The summed E-state index contributed by atoms with van der Waals surface area (Å²) < 4.78 is 0. The van der Waals surface area contributed by atoms with E-state index in [0.29, 0.717) is 11.8 Å². The lowest BCUT2D eigenvalue weighted by atomic mass is 9.86. The Kier molecular flexibility index (Phi) is 7.02. The van der Waals surface area contributed by atoms with Gasteiger partial charge in [-0.15, -0.1) is 0 Å². The zero-order valence-electron chi connectivity index (χ0n) is 10.6. The number of hydrogen-bond acceptors (Lipinski definition) is 1. The van der Waals surface area contributed by atoms with Crippen LogP contribution in [0.25, 0.3) is 0 Å². The topological polar surface area (TPSA) is 23.9 Å². The Bertz CT molecular complexity index is 238. The second kappa shape index (κ2) is 7.44. The summed E-state index contributed by atoms with van der Waals surface area (Å²) in [4.78, 5) is 0. The fourth-order valence-corrected chi connectivity index (χ4v) is 1.57. The zero-order chi connectivity index (χ0) is 11.8. The molecule has 0 aliphatic rings. The van der Waals surface area contributed by atoms with Gasteiger partial charge in [0.1, 0.15) is 0 Å². The van der Waals surface area contributed by atoms with E-state index < -0.39 is 0 Å². The van der Waals surface area contributed by atoms with Crippen LogP contribution in [0.2, 0.25) is 0 Å². The van der Waals surface area contributed by atoms with E-state index in [1.807, 2.05) is 6.08 Å². The van der Waals surface area contributed by atoms with Gasteiger partial charge in [-0.1, -0.05) is 52.8 Å². The van der Waals surface area contributed by atoms with Crippen LogP contribution in [-0.2, 0) is 0 Å². The molecule has 0 heterocycles. The summed E-state index contributed by atoms with van der Waals surface area (Å²) in [6.07, 6.45) is 6.96. The Morgan fingerprint density at radius 1 is 1.33 bits per heavy atom. The predicted molar refractivity (Wildman–Crippen MR) is 69.5 cm³/mol. The molecule has 86 valence electrons. The van der Waals surface area contributed by atoms with Gasteiger partial charge in [-0.05, 0) is 23.8 Å². The van der Waals surface area contributed by atoms with Crippen LogP contribution >= 0.6 is 0 Å². The minimum atomic E-state index is 0.384. The first-order chi connectivity index (χ1) is 7.06. The van der Waals surface area contributed by atoms with Gasteiger partial charge in [-0.25, -0.2) is 0 Å². The van der Waals surface area contributed by atoms with Crippen molar-refractivity contribution in [1.82, 2.24) is 0 Å². The molecule has 1 nitrogen and oxygen atoms in total. The second-order valence-corrected chi connectivity index (χ2v) is 4.27. The van der Waals surface area contributed by atoms with Crippen LogP contribution in [0.4, 0.5) is 0 Å². The summed E-state index contributed by atoms with van der Waals surface area (Å²) in [5.41, 5.74) is 2.03. The van der Waals surface area contributed by atoms with E-state index >= 15 is 0 Å². The lowest BCUT2D eigenvalue weighted by molar-refractivity contribution is 0.464. The highest BCUT2D eigenvalue weighted by Crippen LogP contribution is 2.19. The van der Waals surface area contributed by atoms with E-state index in [4.69, 9.17) is 5.41 Å². The highest BCUT2D eigenvalue weighted by atomic mass is 14.4. The maximum Gasteiger partial charge on any atom is 0.0164 e. The van der Waals surface area contributed by atoms with Crippen LogP contribution in [0.1, 0.15) is 47.0 Å². The lowest BCUT2D eigenvalue weighted by Crippen LogP contribution is -2.17. The van der Waals surface area contributed by atoms with E-state index in [-0.39, 0.29) is 0 Å². The molecule has 2 unspecified atom stereocenters. The van der Waals surface area contributed by atoms with Crippen molar-refractivity contribution in [2.24, 2.45) is 11.8 Å². The third-order valence-electron chi connectivity index (χ3n) is 3.17. The number of allylic oxidation sites excluding steroid dienone is 3. The maximum atomic E-state index is 8.05. The Balaban J connectivity index is 4.34. The molecule has 0 rings (SSSR count). The van der Waals surface area contributed by atoms with E-state index in [9.17, 15) is 0 Å². The third kappa shape index (κ3) is 4.96. The summed E-state index contributed by atoms with van der Waals surface area (Å²) in [6.45, 7) is 12.5. The van der Waals surface area contributed by atoms with Crippen LogP contribution in [0.5, 0.6) is 0 Å². The third-order valence-corrected chi connectivity index (χ3v) is 3.17. The van der Waals surface area contributed by atoms with Crippen LogP contribution < -0.4 is 0 Å². The lowest BCUT2D eigenvalue weighted by Gasteiger charge is -2.19. The molecule has 0 bridgehead atoms. The SMILES string of the molecule is C=C/C(=C/CC)CC(=N)C(C)C(C)CC. The van der Waals surface area contributed by atoms with Crippen LogP contribution in [-0.4, -0.2) is 5.71 Å². The van der Waals surface area contributed by atoms with Gasteiger partial charge in [0.25, 0.3) is 0 Å². The van der Waals surface area contributed by atoms with Gasteiger partial charge >= 0.3 is 0 Å². The number of nitrogens with one attached hydrogen (secondary N) is 1. The molecule has 0 saturated carbocycles. The van der Waals surface area contributed by atoms with Gasteiger partial charge < -0.3 is 5.41 Å². The first-order valence-electron chi connectivity index (χ1n) is 5.95. The predicted octanol–water partition coefficient (Wildman–Crippen LogP) is 4.60. The van der Waals surface area contributed by atoms with Gasteiger partial charge in [0.2, 0.25) is 0 Å². The monoisotopic (exact) mass is 207 g/mol. The Labute approximate surface area is 94.8 Å². The molecule has 0 aromatic rings. The maximum absolute atomic E-state index is 8.05. The highest BCUT2D eigenvalue weighted by molar-refractivity contribution is 5.86. The normalized spacial score (nSPS) is 15.9. The molecule has 0 spiro atoms. The van der Waals surface area contributed by atoms with Gasteiger partial charge in [-0.3, -0.25) is 0 Å².